The van der Waals surface area contributed by atoms with Gasteiger partial charge in [-0.05, 0) is 32.1 Å². The average molecular weight is 347 g/mol. The topological polar surface area (TPSA) is 17.8 Å². The molecule has 1 aliphatic rings. The van der Waals surface area contributed by atoms with Crippen molar-refractivity contribution >= 4 is 46.0 Å². The minimum absolute atomic E-state index is 0.105. The first-order valence-electron chi connectivity index (χ1n) is 7.06. The van der Waals surface area contributed by atoms with Crippen LogP contribution in [-0.4, -0.2) is 21.1 Å². The van der Waals surface area contributed by atoms with E-state index in [1.807, 2.05) is 18.7 Å². The monoisotopic (exact) mass is 346 g/mol. The van der Waals surface area contributed by atoms with Gasteiger partial charge in [-0.3, -0.25) is 0 Å². The summed E-state index contributed by atoms with van der Waals surface area (Å²) in [5, 5.41) is 0.409. The Morgan fingerprint density at radius 1 is 1.43 bits per heavy atom. The lowest BCUT2D eigenvalue weighted by atomic mass is 10.2. The van der Waals surface area contributed by atoms with Crippen molar-refractivity contribution < 1.29 is 4.39 Å². The molecule has 3 atom stereocenters. The van der Waals surface area contributed by atoms with Gasteiger partial charge in [0.1, 0.15) is 11.6 Å². The Bertz CT molecular complexity index is 671. The van der Waals surface area contributed by atoms with Crippen molar-refractivity contribution in [1.82, 2.24) is 9.55 Å². The Kier molecular flexibility index (Phi) is 4.40. The van der Waals surface area contributed by atoms with Crippen LogP contribution in [0, 0.1) is 5.82 Å². The third kappa shape index (κ3) is 2.66. The largest absolute Gasteiger partial charge is 0.322 e. The molecule has 0 saturated heterocycles. The van der Waals surface area contributed by atoms with Gasteiger partial charge < -0.3 is 4.57 Å². The fraction of sp³-hybridized carbons (Fsp3) is 0.533. The van der Waals surface area contributed by atoms with Crippen molar-refractivity contribution in [2.45, 2.75) is 42.9 Å². The molecule has 0 bridgehead atoms. The van der Waals surface area contributed by atoms with E-state index in [0.29, 0.717) is 11.3 Å². The third-order valence-corrected chi connectivity index (χ3v) is 5.81. The van der Waals surface area contributed by atoms with Crippen LogP contribution in [0.2, 0.25) is 5.02 Å². The summed E-state index contributed by atoms with van der Waals surface area (Å²) < 4.78 is 16.0. The summed E-state index contributed by atoms with van der Waals surface area (Å²) in [6, 6.07) is 3.40. The summed E-state index contributed by atoms with van der Waals surface area (Å²) in [6.45, 7) is 1.90. The summed E-state index contributed by atoms with van der Waals surface area (Å²) in [7, 11) is 0. The predicted molar refractivity (Wildman–Crippen MR) is 89.2 cm³/mol. The van der Waals surface area contributed by atoms with Crippen molar-refractivity contribution in [3.63, 3.8) is 0 Å². The lowest BCUT2D eigenvalue weighted by molar-refractivity contribution is 0.519. The molecule has 1 saturated carbocycles. The van der Waals surface area contributed by atoms with Gasteiger partial charge in [0.15, 0.2) is 0 Å². The van der Waals surface area contributed by atoms with Crippen molar-refractivity contribution in [3.05, 3.63) is 28.8 Å². The van der Waals surface area contributed by atoms with Crippen LogP contribution in [-0.2, 0) is 0 Å². The molecule has 3 unspecified atom stereocenters. The molecule has 0 aliphatic heterocycles. The Morgan fingerprint density at radius 2 is 2.19 bits per heavy atom. The average Bonchev–Trinajstić information content (AvgIpc) is 3.02. The molecule has 0 radical (unpaired) electrons. The van der Waals surface area contributed by atoms with E-state index in [1.54, 1.807) is 6.07 Å². The van der Waals surface area contributed by atoms with Crippen LogP contribution in [0.4, 0.5) is 4.39 Å². The second-order valence-corrected chi connectivity index (χ2v) is 7.62. The first kappa shape index (κ1) is 15.4. The standard InChI is InChI=1S/C15H17Cl2FN2S/c1-8(16)15-19-11-6-9(17)10(18)7-13(11)20(15)12-4-3-5-14(12)21-2/h6-8,12,14H,3-5H2,1-2H3. The number of nitrogens with zero attached hydrogens (tertiary/aromatic N) is 2. The van der Waals surface area contributed by atoms with Gasteiger partial charge in [0.05, 0.1) is 21.4 Å². The second kappa shape index (κ2) is 5.98. The van der Waals surface area contributed by atoms with Gasteiger partial charge in [-0.2, -0.15) is 11.8 Å². The molecule has 21 heavy (non-hydrogen) atoms. The van der Waals surface area contributed by atoms with E-state index in [1.165, 1.54) is 18.9 Å². The summed E-state index contributed by atoms with van der Waals surface area (Å²) in [6.07, 6.45) is 5.57. The molecule has 1 aromatic carbocycles. The number of thioether (sulfide) groups is 1. The van der Waals surface area contributed by atoms with Crippen LogP contribution in [0.25, 0.3) is 11.0 Å². The molecule has 0 N–H and O–H groups in total. The van der Waals surface area contributed by atoms with E-state index < -0.39 is 5.82 Å². The number of hydrogen-bond acceptors (Lipinski definition) is 2. The van der Waals surface area contributed by atoms with Gasteiger partial charge in [0, 0.05) is 17.4 Å². The molecule has 1 heterocycles. The molecule has 1 fully saturated rings. The molecule has 1 aromatic heterocycles. The fourth-order valence-corrected chi connectivity index (χ4v) is 4.50. The van der Waals surface area contributed by atoms with Gasteiger partial charge in [-0.1, -0.05) is 18.0 Å². The highest BCUT2D eigenvalue weighted by molar-refractivity contribution is 7.99. The number of benzene rings is 1. The number of hydrogen-bond donors (Lipinski definition) is 0. The summed E-state index contributed by atoms with van der Waals surface area (Å²) >= 11 is 14.1. The maximum absolute atomic E-state index is 13.9. The van der Waals surface area contributed by atoms with Gasteiger partial charge in [0.25, 0.3) is 0 Å². The maximum atomic E-state index is 13.9. The maximum Gasteiger partial charge on any atom is 0.144 e. The number of imidazole rings is 1. The van der Waals surface area contributed by atoms with Crippen LogP contribution in [0.1, 0.15) is 43.4 Å². The van der Waals surface area contributed by atoms with Gasteiger partial charge in [0.2, 0.25) is 0 Å². The summed E-state index contributed by atoms with van der Waals surface area (Å²) in [5.74, 6) is 0.400. The summed E-state index contributed by atoms with van der Waals surface area (Å²) in [5.41, 5.74) is 1.51. The van der Waals surface area contributed by atoms with Gasteiger partial charge >= 0.3 is 0 Å². The minimum atomic E-state index is -0.405. The summed E-state index contributed by atoms with van der Waals surface area (Å²) in [4.78, 5) is 4.60. The van der Waals surface area contributed by atoms with Crippen LogP contribution in [0.5, 0.6) is 0 Å². The van der Waals surface area contributed by atoms with Crippen LogP contribution < -0.4 is 0 Å². The quantitative estimate of drug-likeness (QED) is 0.674. The number of aromatic nitrogens is 2. The zero-order valence-corrected chi connectivity index (χ0v) is 14.3. The minimum Gasteiger partial charge on any atom is -0.322 e. The SMILES string of the molecule is CSC1CCCC1n1c(C(C)Cl)nc2cc(Cl)c(F)cc21. The number of halogens is 3. The Hall–Kier alpha value is -0.450. The van der Waals surface area contributed by atoms with E-state index in [0.717, 1.165) is 23.3 Å². The molecule has 2 nitrogen and oxygen atoms in total. The zero-order chi connectivity index (χ0) is 15.1. The van der Waals surface area contributed by atoms with Crippen LogP contribution in [0.15, 0.2) is 12.1 Å². The number of alkyl halides is 1. The van der Waals surface area contributed by atoms with E-state index in [4.69, 9.17) is 23.2 Å². The molecule has 1 aliphatic carbocycles. The van der Waals surface area contributed by atoms with Gasteiger partial charge in [-0.25, -0.2) is 9.37 Å². The van der Waals surface area contributed by atoms with Crippen LogP contribution >= 0.6 is 35.0 Å². The molecular formula is C15H17Cl2FN2S. The molecule has 2 aromatic rings. The Labute approximate surface area is 138 Å². The highest BCUT2D eigenvalue weighted by atomic mass is 35.5. The highest BCUT2D eigenvalue weighted by Gasteiger charge is 2.32. The highest BCUT2D eigenvalue weighted by Crippen LogP contribution is 2.41. The molecule has 3 rings (SSSR count). The molecule has 6 heteroatoms. The molecule has 114 valence electrons. The van der Waals surface area contributed by atoms with Crippen molar-refractivity contribution in [2.75, 3.05) is 6.26 Å². The lowest BCUT2D eigenvalue weighted by Gasteiger charge is -2.23. The fourth-order valence-electron chi connectivity index (χ4n) is 3.21. The van der Waals surface area contributed by atoms with Crippen molar-refractivity contribution in [2.24, 2.45) is 0 Å². The first-order valence-corrected chi connectivity index (χ1v) is 9.17. The first-order chi connectivity index (χ1) is 10.0. The van der Waals surface area contributed by atoms with Crippen molar-refractivity contribution in [3.8, 4) is 0 Å². The van der Waals surface area contributed by atoms with E-state index in [-0.39, 0.29) is 10.4 Å². The number of fused-ring (bicyclic) bond motifs is 1. The van der Waals surface area contributed by atoms with E-state index in [9.17, 15) is 4.39 Å². The second-order valence-electron chi connectivity index (χ2n) is 5.48. The van der Waals surface area contributed by atoms with Crippen LogP contribution in [0.3, 0.4) is 0 Å². The zero-order valence-electron chi connectivity index (χ0n) is 11.9. The Balaban J connectivity index is 2.23. The predicted octanol–water partition coefficient (Wildman–Crippen LogP) is 5.59. The molecular weight excluding hydrogens is 330 g/mol. The Morgan fingerprint density at radius 3 is 2.86 bits per heavy atom. The normalized spacial score (nSPS) is 23.9. The third-order valence-electron chi connectivity index (χ3n) is 4.17. The van der Waals surface area contributed by atoms with Gasteiger partial charge in [-0.15, -0.1) is 11.6 Å². The molecule has 0 spiro atoms. The van der Waals surface area contributed by atoms with E-state index in [2.05, 4.69) is 15.8 Å². The smallest absolute Gasteiger partial charge is 0.144 e. The van der Waals surface area contributed by atoms with E-state index >= 15 is 0 Å². The number of rotatable bonds is 3. The lowest BCUT2D eigenvalue weighted by Crippen LogP contribution is -2.18. The van der Waals surface area contributed by atoms with Crippen molar-refractivity contribution in [1.29, 1.82) is 0 Å². The molecule has 0 amide bonds.